The van der Waals surface area contributed by atoms with Gasteiger partial charge in [0.15, 0.2) is 5.78 Å². The fraction of sp³-hybridized carbons (Fsp3) is 0.533. The van der Waals surface area contributed by atoms with Crippen LogP contribution in [0.1, 0.15) is 41.5 Å². The second kappa shape index (κ2) is 3.73. The molecule has 0 saturated heterocycles. The van der Waals surface area contributed by atoms with Crippen molar-refractivity contribution in [1.82, 2.24) is 0 Å². The van der Waals surface area contributed by atoms with E-state index < -0.39 is 0 Å². The highest BCUT2D eigenvalue weighted by Crippen LogP contribution is 2.38. The maximum Gasteiger partial charge on any atom is 0.186 e. The quantitative estimate of drug-likeness (QED) is 0.602. The molecular formula is C15H21O. The van der Waals surface area contributed by atoms with Crippen LogP contribution in [0.25, 0.3) is 0 Å². The van der Waals surface area contributed by atoms with Gasteiger partial charge >= 0.3 is 0 Å². The summed E-state index contributed by atoms with van der Waals surface area (Å²) in [5.74, 6) is 0.134. The number of hydrogen-bond acceptors (Lipinski definition) is 1. The van der Waals surface area contributed by atoms with Crippen LogP contribution in [0.15, 0.2) is 28.9 Å². The van der Waals surface area contributed by atoms with E-state index in [0.717, 1.165) is 11.1 Å². The number of Topliss-reactive ketones (excluding diaryl/α,β-unsaturated/α-hetero) is 1. The summed E-state index contributed by atoms with van der Waals surface area (Å²) in [6, 6.07) is 0. The van der Waals surface area contributed by atoms with E-state index in [-0.39, 0.29) is 16.6 Å². The van der Waals surface area contributed by atoms with Gasteiger partial charge in [-0.15, -0.1) is 0 Å². The van der Waals surface area contributed by atoms with Crippen LogP contribution >= 0.6 is 0 Å². The van der Waals surface area contributed by atoms with E-state index in [1.807, 2.05) is 41.5 Å². The molecule has 0 heterocycles. The van der Waals surface area contributed by atoms with Gasteiger partial charge in [0.05, 0.1) is 0 Å². The average molecular weight is 217 g/mol. The maximum atomic E-state index is 12.4. The largest absolute Gasteiger partial charge is 0.289 e. The van der Waals surface area contributed by atoms with Gasteiger partial charge in [-0.05, 0) is 28.6 Å². The van der Waals surface area contributed by atoms with Crippen molar-refractivity contribution in [3.05, 3.63) is 35.5 Å². The van der Waals surface area contributed by atoms with Crippen molar-refractivity contribution in [2.75, 3.05) is 0 Å². The number of carbonyl (C=O) groups excluding carboxylic acids is 1. The molecule has 0 aliphatic heterocycles. The molecule has 0 atom stereocenters. The van der Waals surface area contributed by atoms with E-state index in [4.69, 9.17) is 6.58 Å². The van der Waals surface area contributed by atoms with Crippen LogP contribution in [0.4, 0.5) is 0 Å². The molecule has 1 radical (unpaired) electrons. The molecule has 0 N–H and O–H groups in total. The zero-order valence-electron chi connectivity index (χ0n) is 11.1. The first-order valence-electron chi connectivity index (χ1n) is 5.65. The van der Waals surface area contributed by atoms with E-state index in [1.54, 1.807) is 12.2 Å². The predicted molar refractivity (Wildman–Crippen MR) is 67.9 cm³/mol. The predicted octanol–water partition coefficient (Wildman–Crippen LogP) is 3.87. The lowest BCUT2D eigenvalue weighted by atomic mass is 9.72. The average Bonchev–Trinajstić information content (AvgIpc) is 2.04. The molecule has 0 bridgehead atoms. The first-order chi connectivity index (χ1) is 7.03. The molecule has 0 spiro atoms. The highest BCUT2D eigenvalue weighted by atomic mass is 16.1. The van der Waals surface area contributed by atoms with Crippen molar-refractivity contribution in [2.24, 2.45) is 10.8 Å². The topological polar surface area (TPSA) is 17.1 Å². The van der Waals surface area contributed by atoms with Crippen molar-refractivity contribution in [1.29, 1.82) is 0 Å². The zero-order valence-corrected chi connectivity index (χ0v) is 11.1. The van der Waals surface area contributed by atoms with Crippen LogP contribution in [0.2, 0.25) is 0 Å². The van der Waals surface area contributed by atoms with Crippen molar-refractivity contribution in [3.8, 4) is 0 Å². The number of carbonyl (C=O) groups is 1. The standard InChI is InChI=1S/C15H21O/c1-10-8-11(14(2,3)4)13(16)12(9-10)15(5,6)7/h1,8-9H,2-7H3. The third-order valence-electron chi connectivity index (χ3n) is 2.73. The lowest BCUT2D eigenvalue weighted by molar-refractivity contribution is -0.114. The zero-order chi connectivity index (χ0) is 12.7. The molecular weight excluding hydrogens is 196 g/mol. The Morgan fingerprint density at radius 3 is 1.44 bits per heavy atom. The van der Waals surface area contributed by atoms with E-state index in [0.29, 0.717) is 5.57 Å². The van der Waals surface area contributed by atoms with Gasteiger partial charge < -0.3 is 0 Å². The molecule has 87 valence electrons. The summed E-state index contributed by atoms with van der Waals surface area (Å²) in [6.07, 6.45) is 3.61. The van der Waals surface area contributed by atoms with Crippen LogP contribution in [0.3, 0.4) is 0 Å². The first kappa shape index (κ1) is 13.0. The smallest absolute Gasteiger partial charge is 0.186 e. The fourth-order valence-electron chi connectivity index (χ4n) is 1.77. The molecule has 0 fully saturated rings. The number of ketones is 1. The molecule has 0 aromatic rings. The van der Waals surface area contributed by atoms with Crippen LogP contribution in [-0.4, -0.2) is 5.78 Å². The normalized spacial score (nSPS) is 18.4. The molecule has 0 unspecified atom stereocenters. The van der Waals surface area contributed by atoms with E-state index in [1.165, 1.54) is 0 Å². The highest BCUT2D eigenvalue weighted by molar-refractivity contribution is 6.11. The van der Waals surface area contributed by atoms with Gasteiger partial charge in [-0.3, -0.25) is 4.79 Å². The Bertz CT molecular complexity index is 356. The summed E-state index contributed by atoms with van der Waals surface area (Å²) in [7, 11) is 0. The maximum absolute atomic E-state index is 12.4. The molecule has 1 rings (SSSR count). The molecule has 1 heteroatoms. The molecule has 16 heavy (non-hydrogen) atoms. The van der Waals surface area contributed by atoms with Gasteiger partial charge in [-0.25, -0.2) is 0 Å². The SMILES string of the molecule is [CH]=C1C=C(C(C)(C)C)C(=O)C(C(C)(C)C)=C1. The van der Waals surface area contributed by atoms with Gasteiger partial charge in [0.1, 0.15) is 0 Å². The molecule has 0 saturated carbocycles. The lowest BCUT2D eigenvalue weighted by Gasteiger charge is -2.31. The van der Waals surface area contributed by atoms with Gasteiger partial charge in [0.25, 0.3) is 0 Å². The number of rotatable bonds is 0. The van der Waals surface area contributed by atoms with Crippen molar-refractivity contribution in [2.45, 2.75) is 41.5 Å². The summed E-state index contributed by atoms with van der Waals surface area (Å²) in [5.41, 5.74) is 1.96. The van der Waals surface area contributed by atoms with Gasteiger partial charge in [-0.1, -0.05) is 48.1 Å². The molecule has 0 aromatic heterocycles. The monoisotopic (exact) mass is 217 g/mol. The summed E-state index contributed by atoms with van der Waals surface area (Å²) in [5, 5.41) is 0. The van der Waals surface area contributed by atoms with Gasteiger partial charge in [-0.2, -0.15) is 0 Å². The summed E-state index contributed by atoms with van der Waals surface area (Å²) in [4.78, 5) is 12.4. The highest BCUT2D eigenvalue weighted by Gasteiger charge is 2.33. The Kier molecular flexibility index (Phi) is 3.02. The first-order valence-corrected chi connectivity index (χ1v) is 5.65. The van der Waals surface area contributed by atoms with Crippen LogP contribution in [-0.2, 0) is 4.79 Å². The Labute approximate surface area is 98.9 Å². The molecule has 1 aliphatic rings. The molecule has 1 nitrogen and oxygen atoms in total. The summed E-state index contributed by atoms with van der Waals surface area (Å²) in [6.45, 7) is 18.1. The second-order valence-corrected chi connectivity index (χ2v) is 6.45. The van der Waals surface area contributed by atoms with E-state index in [2.05, 4.69) is 0 Å². The second-order valence-electron chi connectivity index (χ2n) is 6.45. The lowest BCUT2D eigenvalue weighted by Crippen LogP contribution is -2.27. The fourth-order valence-corrected chi connectivity index (χ4v) is 1.77. The van der Waals surface area contributed by atoms with E-state index in [9.17, 15) is 4.79 Å². The number of hydrogen-bond donors (Lipinski definition) is 0. The van der Waals surface area contributed by atoms with Crippen molar-refractivity contribution >= 4 is 5.78 Å². The third-order valence-corrected chi connectivity index (χ3v) is 2.73. The van der Waals surface area contributed by atoms with Crippen molar-refractivity contribution in [3.63, 3.8) is 0 Å². The van der Waals surface area contributed by atoms with Gasteiger partial charge in [0.2, 0.25) is 0 Å². The summed E-state index contributed by atoms with van der Waals surface area (Å²) < 4.78 is 0. The Morgan fingerprint density at radius 2 is 1.19 bits per heavy atom. The minimum Gasteiger partial charge on any atom is -0.289 e. The van der Waals surface area contributed by atoms with E-state index >= 15 is 0 Å². The molecule has 1 aliphatic carbocycles. The number of allylic oxidation sites excluding steroid dienone is 5. The van der Waals surface area contributed by atoms with Crippen LogP contribution in [0.5, 0.6) is 0 Å². The van der Waals surface area contributed by atoms with Crippen LogP contribution < -0.4 is 0 Å². The Hall–Kier alpha value is -1.11. The minimum absolute atomic E-state index is 0.134. The van der Waals surface area contributed by atoms with Crippen LogP contribution in [0, 0.1) is 17.4 Å². The van der Waals surface area contributed by atoms with Crippen molar-refractivity contribution < 1.29 is 4.79 Å². The molecule has 0 aromatic carbocycles. The minimum atomic E-state index is -0.160. The Balaban J connectivity index is 3.24. The molecule has 0 amide bonds. The Morgan fingerprint density at radius 1 is 0.875 bits per heavy atom. The van der Waals surface area contributed by atoms with Gasteiger partial charge in [0, 0.05) is 11.1 Å². The summed E-state index contributed by atoms with van der Waals surface area (Å²) >= 11 is 0. The third kappa shape index (κ3) is 2.52.